The third-order valence-electron chi connectivity index (χ3n) is 4.97. The summed E-state index contributed by atoms with van der Waals surface area (Å²) in [5.41, 5.74) is 3.88. The summed E-state index contributed by atoms with van der Waals surface area (Å²) in [5, 5.41) is 9.99. The summed E-state index contributed by atoms with van der Waals surface area (Å²) in [6.07, 6.45) is 0. The second-order valence-corrected chi connectivity index (χ2v) is 6.79. The van der Waals surface area contributed by atoms with Crippen LogP contribution in [-0.4, -0.2) is 46.4 Å². The van der Waals surface area contributed by atoms with Gasteiger partial charge in [-0.15, -0.1) is 0 Å². The number of nitrogens with one attached hydrogen (secondary N) is 2. The summed E-state index contributed by atoms with van der Waals surface area (Å²) < 4.78 is 12.7. The third-order valence-corrected chi connectivity index (χ3v) is 4.97. The molecule has 0 aliphatic rings. The number of fused-ring (bicyclic) bond motifs is 1. The molecule has 30 heavy (non-hydrogen) atoms. The van der Waals surface area contributed by atoms with Gasteiger partial charge < -0.3 is 19.4 Å². The van der Waals surface area contributed by atoms with E-state index in [1.807, 2.05) is 43.3 Å². The Kier molecular flexibility index (Phi) is 5.38. The molecule has 0 saturated carbocycles. The van der Waals surface area contributed by atoms with Crippen LogP contribution in [0, 0.1) is 6.92 Å². The van der Waals surface area contributed by atoms with Crippen molar-refractivity contribution >= 4 is 16.9 Å². The first kappa shape index (κ1) is 19.5. The smallest absolute Gasteiger partial charge is 0.269 e. The first-order valence-corrected chi connectivity index (χ1v) is 9.58. The number of aromatic nitrogens is 4. The highest BCUT2D eigenvalue weighted by Crippen LogP contribution is 2.31. The van der Waals surface area contributed by atoms with Crippen molar-refractivity contribution in [2.45, 2.75) is 13.5 Å². The molecule has 1 amide bonds. The number of benzene rings is 2. The SMILES string of the molecule is COc1ccc(-c2cc(C(=O)NCCn3c(C)nc4ccccc43)[nH]n2)cc1OC. The van der Waals surface area contributed by atoms with Crippen LogP contribution in [0.5, 0.6) is 11.5 Å². The fraction of sp³-hybridized carbons (Fsp3) is 0.227. The molecule has 4 rings (SSSR count). The fourth-order valence-corrected chi connectivity index (χ4v) is 3.44. The molecule has 2 heterocycles. The lowest BCUT2D eigenvalue weighted by Gasteiger charge is -2.08. The number of amides is 1. The number of aromatic amines is 1. The molecule has 2 aromatic heterocycles. The molecule has 8 heteroatoms. The van der Waals surface area contributed by atoms with Crippen LogP contribution in [0.15, 0.2) is 48.5 Å². The van der Waals surface area contributed by atoms with Crippen molar-refractivity contribution < 1.29 is 14.3 Å². The number of carbonyl (C=O) groups excluding carboxylic acids is 1. The first-order valence-electron chi connectivity index (χ1n) is 9.58. The lowest BCUT2D eigenvalue weighted by atomic mass is 10.1. The van der Waals surface area contributed by atoms with Crippen molar-refractivity contribution in [3.8, 4) is 22.8 Å². The molecule has 0 bridgehead atoms. The average molecular weight is 405 g/mol. The van der Waals surface area contributed by atoms with Crippen LogP contribution >= 0.6 is 0 Å². The zero-order chi connectivity index (χ0) is 21.1. The number of rotatable bonds is 7. The zero-order valence-corrected chi connectivity index (χ0v) is 17.1. The molecule has 8 nitrogen and oxygen atoms in total. The number of H-pyrrole nitrogens is 1. The van der Waals surface area contributed by atoms with Gasteiger partial charge in [0.25, 0.3) is 5.91 Å². The van der Waals surface area contributed by atoms with E-state index in [2.05, 4.69) is 25.1 Å². The van der Waals surface area contributed by atoms with Crippen LogP contribution in [0.2, 0.25) is 0 Å². The van der Waals surface area contributed by atoms with Crippen molar-refractivity contribution in [2.75, 3.05) is 20.8 Å². The molecule has 0 saturated heterocycles. The Hall–Kier alpha value is -3.81. The molecule has 0 aliphatic carbocycles. The molecule has 2 N–H and O–H groups in total. The van der Waals surface area contributed by atoms with Gasteiger partial charge in [-0.2, -0.15) is 5.10 Å². The van der Waals surface area contributed by atoms with Gasteiger partial charge in [-0.05, 0) is 43.3 Å². The number of carbonyl (C=O) groups is 1. The molecular weight excluding hydrogens is 382 g/mol. The number of para-hydroxylation sites is 2. The van der Waals surface area contributed by atoms with E-state index >= 15 is 0 Å². The molecular formula is C22H23N5O3. The molecule has 154 valence electrons. The molecule has 2 aromatic carbocycles. The Balaban J connectivity index is 1.43. The predicted molar refractivity (Wildman–Crippen MR) is 114 cm³/mol. The summed E-state index contributed by atoms with van der Waals surface area (Å²) in [5.74, 6) is 1.95. The van der Waals surface area contributed by atoms with E-state index in [1.54, 1.807) is 26.4 Å². The van der Waals surface area contributed by atoms with Crippen LogP contribution in [-0.2, 0) is 6.54 Å². The number of imidazole rings is 1. The highest BCUT2D eigenvalue weighted by molar-refractivity contribution is 5.93. The van der Waals surface area contributed by atoms with Crippen molar-refractivity contribution in [3.05, 3.63) is 60.0 Å². The number of nitrogens with zero attached hydrogens (tertiary/aromatic N) is 3. The maximum Gasteiger partial charge on any atom is 0.269 e. The molecule has 0 fully saturated rings. The van der Waals surface area contributed by atoms with Gasteiger partial charge in [0.2, 0.25) is 0 Å². The Labute approximate surface area is 173 Å². The monoisotopic (exact) mass is 405 g/mol. The van der Waals surface area contributed by atoms with Crippen LogP contribution < -0.4 is 14.8 Å². The van der Waals surface area contributed by atoms with E-state index in [0.717, 1.165) is 22.4 Å². The minimum absolute atomic E-state index is 0.212. The number of hydrogen-bond acceptors (Lipinski definition) is 5. The second-order valence-electron chi connectivity index (χ2n) is 6.79. The summed E-state index contributed by atoms with van der Waals surface area (Å²) in [7, 11) is 3.17. The van der Waals surface area contributed by atoms with Gasteiger partial charge in [-0.3, -0.25) is 9.89 Å². The molecule has 0 atom stereocenters. The maximum atomic E-state index is 12.5. The number of ether oxygens (including phenoxy) is 2. The van der Waals surface area contributed by atoms with E-state index in [9.17, 15) is 4.79 Å². The van der Waals surface area contributed by atoms with Gasteiger partial charge >= 0.3 is 0 Å². The van der Waals surface area contributed by atoms with E-state index in [0.29, 0.717) is 36.0 Å². The fourth-order valence-electron chi connectivity index (χ4n) is 3.44. The summed E-state index contributed by atoms with van der Waals surface area (Å²) in [6.45, 7) is 3.08. The van der Waals surface area contributed by atoms with Crippen LogP contribution in [0.1, 0.15) is 16.3 Å². The molecule has 0 aliphatic heterocycles. The second kappa shape index (κ2) is 8.28. The summed E-state index contributed by atoms with van der Waals surface area (Å²) in [4.78, 5) is 17.1. The third kappa shape index (κ3) is 3.71. The molecule has 4 aromatic rings. The lowest BCUT2D eigenvalue weighted by molar-refractivity contribution is 0.0947. The minimum Gasteiger partial charge on any atom is -0.493 e. The normalized spacial score (nSPS) is 10.9. The molecule has 0 unspecified atom stereocenters. The van der Waals surface area contributed by atoms with E-state index < -0.39 is 0 Å². The van der Waals surface area contributed by atoms with Gasteiger partial charge in [-0.25, -0.2) is 4.98 Å². The number of methoxy groups -OCH3 is 2. The average Bonchev–Trinajstić information content (AvgIpc) is 3.38. The van der Waals surface area contributed by atoms with Crippen LogP contribution in [0.4, 0.5) is 0 Å². The van der Waals surface area contributed by atoms with Crippen molar-refractivity contribution in [1.29, 1.82) is 0 Å². The van der Waals surface area contributed by atoms with Gasteiger partial charge in [0.05, 0.1) is 30.9 Å². The van der Waals surface area contributed by atoms with Crippen LogP contribution in [0.3, 0.4) is 0 Å². The van der Waals surface area contributed by atoms with Gasteiger partial charge in [0.1, 0.15) is 11.5 Å². The van der Waals surface area contributed by atoms with Gasteiger partial charge in [0.15, 0.2) is 11.5 Å². The van der Waals surface area contributed by atoms with E-state index in [4.69, 9.17) is 9.47 Å². The Morgan fingerprint density at radius 2 is 1.90 bits per heavy atom. The van der Waals surface area contributed by atoms with E-state index in [-0.39, 0.29) is 5.91 Å². The highest BCUT2D eigenvalue weighted by Gasteiger charge is 2.13. The Bertz CT molecular complexity index is 1190. The number of aryl methyl sites for hydroxylation is 1. The highest BCUT2D eigenvalue weighted by atomic mass is 16.5. The Morgan fingerprint density at radius 1 is 1.10 bits per heavy atom. The molecule has 0 spiro atoms. The van der Waals surface area contributed by atoms with Crippen LogP contribution in [0.25, 0.3) is 22.3 Å². The standard InChI is InChI=1S/C22H23N5O3/c1-14-24-16-6-4-5-7-19(16)27(14)11-10-23-22(28)18-13-17(25-26-18)15-8-9-20(29-2)21(12-15)30-3/h4-9,12-13H,10-11H2,1-3H3,(H,23,28)(H,25,26). The first-order chi connectivity index (χ1) is 14.6. The summed E-state index contributed by atoms with van der Waals surface area (Å²) >= 11 is 0. The molecule has 0 radical (unpaired) electrons. The van der Waals surface area contributed by atoms with E-state index in [1.165, 1.54) is 0 Å². The summed E-state index contributed by atoms with van der Waals surface area (Å²) in [6, 6.07) is 15.2. The maximum absolute atomic E-state index is 12.5. The predicted octanol–water partition coefficient (Wildman–Crippen LogP) is 3.18. The van der Waals surface area contributed by atoms with Gasteiger partial charge in [-0.1, -0.05) is 12.1 Å². The zero-order valence-electron chi connectivity index (χ0n) is 17.1. The topological polar surface area (TPSA) is 94.1 Å². The largest absolute Gasteiger partial charge is 0.493 e. The quantitative estimate of drug-likeness (QED) is 0.493. The number of hydrogen-bond donors (Lipinski definition) is 2. The van der Waals surface area contributed by atoms with Gasteiger partial charge in [0, 0.05) is 18.7 Å². The minimum atomic E-state index is -0.212. The van der Waals surface area contributed by atoms with Crippen molar-refractivity contribution in [2.24, 2.45) is 0 Å². The van der Waals surface area contributed by atoms with Crippen molar-refractivity contribution in [3.63, 3.8) is 0 Å². The Morgan fingerprint density at radius 3 is 2.70 bits per heavy atom. The lowest BCUT2D eigenvalue weighted by Crippen LogP contribution is -2.27. The van der Waals surface area contributed by atoms with Crippen molar-refractivity contribution in [1.82, 2.24) is 25.1 Å².